The monoisotopic (exact) mass is 249 g/mol. The molecule has 1 rings (SSSR count). The largest absolute Gasteiger partial charge is 0.496 e. The van der Waals surface area contributed by atoms with Crippen molar-refractivity contribution in [3.63, 3.8) is 0 Å². The quantitative estimate of drug-likeness (QED) is 0.830. The summed E-state index contributed by atoms with van der Waals surface area (Å²) in [6.07, 6.45) is 0. The predicted molar refractivity (Wildman–Crippen MR) is 61.0 cm³/mol. The zero-order chi connectivity index (χ0) is 11.5. The standard InChI is InChI=1S/C9H12ClNO3S/c1-7-5-8(3-4-9(7)14-2)11-15(12,13)6-10/h3-5,11H,6H2,1-2H3. The molecule has 0 heterocycles. The third-order valence-corrected chi connectivity index (χ3v) is 3.51. The van der Waals surface area contributed by atoms with Gasteiger partial charge in [0.05, 0.1) is 7.11 Å². The van der Waals surface area contributed by atoms with E-state index in [9.17, 15) is 8.42 Å². The fraction of sp³-hybridized carbons (Fsp3) is 0.333. The molecule has 0 bridgehead atoms. The maximum Gasteiger partial charge on any atom is 0.246 e. The van der Waals surface area contributed by atoms with Gasteiger partial charge in [-0.25, -0.2) is 8.42 Å². The summed E-state index contributed by atoms with van der Waals surface area (Å²) in [5.74, 6) is 0.712. The van der Waals surface area contributed by atoms with Crippen molar-refractivity contribution in [1.82, 2.24) is 0 Å². The molecule has 0 fully saturated rings. The van der Waals surface area contributed by atoms with Gasteiger partial charge in [0.15, 0.2) is 0 Å². The minimum atomic E-state index is -3.43. The Morgan fingerprint density at radius 1 is 1.47 bits per heavy atom. The first-order valence-corrected chi connectivity index (χ1v) is 6.38. The summed E-state index contributed by atoms with van der Waals surface area (Å²) in [5.41, 5.74) is 1.33. The van der Waals surface area contributed by atoms with Crippen LogP contribution in [0.2, 0.25) is 0 Å². The molecule has 1 N–H and O–H groups in total. The number of rotatable bonds is 4. The Kier molecular flexibility index (Phi) is 3.82. The molecule has 0 spiro atoms. The van der Waals surface area contributed by atoms with Gasteiger partial charge in [-0.3, -0.25) is 4.72 Å². The van der Waals surface area contributed by atoms with Crippen LogP contribution in [-0.2, 0) is 10.0 Å². The predicted octanol–water partition coefficient (Wildman–Crippen LogP) is 1.94. The van der Waals surface area contributed by atoms with E-state index in [1.165, 1.54) is 0 Å². The fourth-order valence-electron chi connectivity index (χ4n) is 1.15. The molecule has 0 aliphatic carbocycles. The molecular formula is C9H12ClNO3S. The van der Waals surface area contributed by atoms with Gasteiger partial charge in [-0.05, 0) is 30.7 Å². The first-order valence-electron chi connectivity index (χ1n) is 4.19. The Labute approximate surface area is 94.3 Å². The first-order chi connectivity index (χ1) is 6.98. The zero-order valence-electron chi connectivity index (χ0n) is 8.45. The number of sulfonamides is 1. The van der Waals surface area contributed by atoms with Gasteiger partial charge in [-0.1, -0.05) is 0 Å². The van der Waals surface area contributed by atoms with Crippen molar-refractivity contribution in [2.75, 3.05) is 17.0 Å². The smallest absolute Gasteiger partial charge is 0.246 e. The average Bonchev–Trinajstić information content (AvgIpc) is 2.17. The van der Waals surface area contributed by atoms with Gasteiger partial charge >= 0.3 is 0 Å². The molecule has 0 saturated carbocycles. The lowest BCUT2D eigenvalue weighted by Gasteiger charge is -2.08. The van der Waals surface area contributed by atoms with Crippen molar-refractivity contribution in [3.05, 3.63) is 23.8 Å². The second-order valence-corrected chi connectivity index (χ2v) is 5.32. The number of aryl methyl sites for hydroxylation is 1. The van der Waals surface area contributed by atoms with E-state index in [1.807, 2.05) is 6.92 Å². The van der Waals surface area contributed by atoms with Crippen molar-refractivity contribution in [3.8, 4) is 5.75 Å². The lowest BCUT2D eigenvalue weighted by atomic mass is 10.2. The molecule has 6 heteroatoms. The summed E-state index contributed by atoms with van der Waals surface area (Å²) in [4.78, 5) is 0. The van der Waals surface area contributed by atoms with E-state index in [1.54, 1.807) is 25.3 Å². The van der Waals surface area contributed by atoms with Crippen LogP contribution in [0, 0.1) is 6.92 Å². The van der Waals surface area contributed by atoms with Gasteiger partial charge in [0, 0.05) is 5.69 Å². The van der Waals surface area contributed by atoms with E-state index in [0.29, 0.717) is 11.4 Å². The number of halogens is 1. The average molecular weight is 250 g/mol. The number of nitrogens with one attached hydrogen (secondary N) is 1. The molecule has 1 aromatic rings. The van der Waals surface area contributed by atoms with E-state index < -0.39 is 15.2 Å². The molecule has 0 saturated heterocycles. The fourth-order valence-corrected chi connectivity index (χ4v) is 1.85. The second kappa shape index (κ2) is 4.72. The van der Waals surface area contributed by atoms with Crippen LogP contribution < -0.4 is 9.46 Å². The molecule has 4 nitrogen and oxygen atoms in total. The number of ether oxygens (including phenoxy) is 1. The molecule has 0 amide bonds. The summed E-state index contributed by atoms with van der Waals surface area (Å²) >= 11 is 5.27. The van der Waals surface area contributed by atoms with Crippen molar-refractivity contribution < 1.29 is 13.2 Å². The van der Waals surface area contributed by atoms with E-state index in [-0.39, 0.29) is 0 Å². The molecule has 1 aromatic carbocycles. The van der Waals surface area contributed by atoms with E-state index in [4.69, 9.17) is 16.3 Å². The normalized spacial score (nSPS) is 11.1. The Balaban J connectivity index is 2.94. The Morgan fingerprint density at radius 2 is 2.13 bits per heavy atom. The number of methoxy groups -OCH3 is 1. The number of hydrogen-bond acceptors (Lipinski definition) is 3. The Morgan fingerprint density at radius 3 is 2.60 bits per heavy atom. The molecule has 0 aromatic heterocycles. The third-order valence-electron chi connectivity index (χ3n) is 1.81. The molecule has 84 valence electrons. The summed E-state index contributed by atoms with van der Waals surface area (Å²) in [5, 5.41) is -0.460. The minimum Gasteiger partial charge on any atom is -0.496 e. The highest BCUT2D eigenvalue weighted by molar-refractivity contribution is 7.93. The maximum atomic E-state index is 11.2. The van der Waals surface area contributed by atoms with Gasteiger partial charge in [0.1, 0.15) is 11.0 Å². The lowest BCUT2D eigenvalue weighted by Crippen LogP contribution is -2.13. The van der Waals surface area contributed by atoms with Gasteiger partial charge in [0.25, 0.3) is 0 Å². The highest BCUT2D eigenvalue weighted by atomic mass is 35.5. The second-order valence-electron chi connectivity index (χ2n) is 3.01. The maximum absolute atomic E-state index is 11.2. The van der Waals surface area contributed by atoms with E-state index >= 15 is 0 Å². The number of anilines is 1. The van der Waals surface area contributed by atoms with Crippen LogP contribution in [-0.4, -0.2) is 20.7 Å². The van der Waals surface area contributed by atoms with Crippen molar-refractivity contribution >= 4 is 27.3 Å². The van der Waals surface area contributed by atoms with Crippen molar-refractivity contribution in [2.45, 2.75) is 6.92 Å². The van der Waals surface area contributed by atoms with Gasteiger partial charge in [-0.2, -0.15) is 0 Å². The van der Waals surface area contributed by atoms with Crippen LogP contribution in [0.4, 0.5) is 5.69 Å². The summed E-state index contributed by atoms with van der Waals surface area (Å²) in [6.45, 7) is 1.83. The number of alkyl halides is 1. The number of hydrogen-bond donors (Lipinski definition) is 1. The Hall–Kier alpha value is -0.940. The van der Waals surface area contributed by atoms with E-state index in [0.717, 1.165) is 5.56 Å². The highest BCUT2D eigenvalue weighted by Gasteiger charge is 2.08. The van der Waals surface area contributed by atoms with Crippen molar-refractivity contribution in [2.24, 2.45) is 0 Å². The number of benzene rings is 1. The zero-order valence-corrected chi connectivity index (χ0v) is 10.0. The van der Waals surface area contributed by atoms with Crippen LogP contribution >= 0.6 is 11.6 Å². The summed E-state index contributed by atoms with van der Waals surface area (Å²) in [6, 6.07) is 5.00. The molecule has 0 aliphatic rings. The van der Waals surface area contributed by atoms with Crippen LogP contribution in [0.5, 0.6) is 5.75 Å². The molecule has 0 aliphatic heterocycles. The first kappa shape index (κ1) is 12.1. The Bertz CT molecular complexity index is 445. The third kappa shape index (κ3) is 3.28. The van der Waals surface area contributed by atoms with E-state index in [2.05, 4.69) is 4.72 Å². The SMILES string of the molecule is COc1ccc(NS(=O)(=O)CCl)cc1C. The van der Waals surface area contributed by atoms with Crippen LogP contribution in [0.15, 0.2) is 18.2 Å². The molecule has 15 heavy (non-hydrogen) atoms. The van der Waals surface area contributed by atoms with Crippen LogP contribution in [0.1, 0.15) is 5.56 Å². The highest BCUT2D eigenvalue weighted by Crippen LogP contribution is 2.22. The van der Waals surface area contributed by atoms with Crippen LogP contribution in [0.3, 0.4) is 0 Å². The molecule has 0 unspecified atom stereocenters. The molecule has 0 atom stereocenters. The minimum absolute atomic E-state index is 0.460. The van der Waals surface area contributed by atoms with Gasteiger partial charge in [0.2, 0.25) is 10.0 Å². The molecular weight excluding hydrogens is 238 g/mol. The van der Waals surface area contributed by atoms with Gasteiger partial charge < -0.3 is 4.74 Å². The summed E-state index contributed by atoms with van der Waals surface area (Å²) < 4.78 is 29.7. The van der Waals surface area contributed by atoms with Crippen LogP contribution in [0.25, 0.3) is 0 Å². The lowest BCUT2D eigenvalue weighted by molar-refractivity contribution is 0.412. The van der Waals surface area contributed by atoms with Gasteiger partial charge in [-0.15, -0.1) is 11.6 Å². The van der Waals surface area contributed by atoms with Crippen molar-refractivity contribution in [1.29, 1.82) is 0 Å². The summed E-state index contributed by atoms with van der Waals surface area (Å²) in [7, 11) is -1.87. The molecule has 0 radical (unpaired) electrons. The topological polar surface area (TPSA) is 55.4 Å².